The van der Waals surface area contributed by atoms with Crippen molar-refractivity contribution in [3.8, 4) is 6.07 Å². The van der Waals surface area contributed by atoms with Crippen molar-refractivity contribution in [2.24, 2.45) is 5.41 Å². The highest BCUT2D eigenvalue weighted by molar-refractivity contribution is 6.10. The maximum absolute atomic E-state index is 12.5. The molecule has 0 N–H and O–H groups in total. The predicted octanol–water partition coefficient (Wildman–Crippen LogP) is 2.53. The summed E-state index contributed by atoms with van der Waals surface area (Å²) in [7, 11) is 0. The van der Waals surface area contributed by atoms with Crippen LogP contribution in [0.2, 0.25) is 0 Å². The first-order chi connectivity index (χ1) is 12.2. The molecule has 0 radical (unpaired) electrons. The summed E-state index contributed by atoms with van der Waals surface area (Å²) in [5.41, 5.74) is 3.81. The Kier molecular flexibility index (Phi) is 3.18. The largest absolute Gasteiger partial charge is 0.370 e. The Balaban J connectivity index is 1.56. The molecular formula is C20H22N4O. The summed E-state index contributed by atoms with van der Waals surface area (Å²) in [4.78, 5) is 21.6. The Hall–Kier alpha value is -2.35. The van der Waals surface area contributed by atoms with Gasteiger partial charge in [0.15, 0.2) is 5.78 Å². The summed E-state index contributed by atoms with van der Waals surface area (Å²) >= 11 is 0. The van der Waals surface area contributed by atoms with Crippen LogP contribution in [0, 0.1) is 16.7 Å². The van der Waals surface area contributed by atoms with Gasteiger partial charge in [0.05, 0.1) is 5.70 Å². The van der Waals surface area contributed by atoms with Gasteiger partial charge in [-0.3, -0.25) is 4.79 Å². The van der Waals surface area contributed by atoms with E-state index in [1.807, 2.05) is 6.20 Å². The number of aromatic nitrogens is 1. The quantitative estimate of drug-likeness (QED) is 0.832. The third-order valence-corrected chi connectivity index (χ3v) is 6.48. The Morgan fingerprint density at radius 2 is 1.84 bits per heavy atom. The van der Waals surface area contributed by atoms with Crippen molar-refractivity contribution in [1.29, 1.82) is 5.26 Å². The molecule has 0 bridgehead atoms. The van der Waals surface area contributed by atoms with Gasteiger partial charge < -0.3 is 9.80 Å². The molecule has 1 spiro atoms. The molecule has 5 heteroatoms. The van der Waals surface area contributed by atoms with Gasteiger partial charge in [-0.05, 0) is 49.1 Å². The molecule has 0 aromatic carbocycles. The maximum atomic E-state index is 12.5. The van der Waals surface area contributed by atoms with Crippen LogP contribution in [-0.4, -0.2) is 41.8 Å². The summed E-state index contributed by atoms with van der Waals surface area (Å²) in [5, 5.41) is 9.66. The number of fused-ring (bicyclic) bond motifs is 1. The van der Waals surface area contributed by atoms with E-state index in [0.717, 1.165) is 48.8 Å². The summed E-state index contributed by atoms with van der Waals surface area (Å²) in [6, 6.07) is 4.32. The smallest absolute Gasteiger partial charge is 0.179 e. The molecule has 1 aromatic rings. The average Bonchev–Trinajstić information content (AvgIpc) is 3.32. The van der Waals surface area contributed by atoms with Gasteiger partial charge in [-0.1, -0.05) is 0 Å². The lowest BCUT2D eigenvalue weighted by Crippen LogP contribution is -2.38. The number of anilines is 1. The first-order valence-corrected chi connectivity index (χ1v) is 9.36. The number of Topliss-reactive ketones (excluding diaryl/α,β-unsaturated/α-hetero) is 1. The van der Waals surface area contributed by atoms with Gasteiger partial charge >= 0.3 is 0 Å². The van der Waals surface area contributed by atoms with Crippen LogP contribution in [0.25, 0.3) is 5.70 Å². The number of nitrogens with zero attached hydrogens (tertiary/aromatic N) is 4. The van der Waals surface area contributed by atoms with Crippen LogP contribution in [0.5, 0.6) is 0 Å². The van der Waals surface area contributed by atoms with E-state index in [2.05, 4.69) is 26.9 Å². The van der Waals surface area contributed by atoms with Crippen LogP contribution in [0.1, 0.15) is 43.2 Å². The fraction of sp³-hybridized carbons (Fsp3) is 0.550. The van der Waals surface area contributed by atoms with Crippen molar-refractivity contribution in [3.63, 3.8) is 0 Å². The molecular weight excluding hydrogens is 312 g/mol. The topological polar surface area (TPSA) is 60.2 Å². The maximum Gasteiger partial charge on any atom is 0.179 e. The van der Waals surface area contributed by atoms with E-state index < -0.39 is 0 Å². The van der Waals surface area contributed by atoms with Crippen LogP contribution in [0.3, 0.4) is 0 Å². The highest BCUT2D eigenvalue weighted by Crippen LogP contribution is 2.54. The standard InChI is InChI=1S/C20H22N4O/c21-12-16-17(25)10-14-13-22-18(23-6-1-7-23)11-15(14)19(16)24-8-4-20(2-3-20)5-9-24/h11,13H,1-10H2. The number of ketones is 1. The molecule has 2 aliphatic carbocycles. The molecule has 0 unspecified atom stereocenters. The molecule has 0 amide bonds. The number of hydrogen-bond donors (Lipinski definition) is 0. The van der Waals surface area contributed by atoms with Crippen molar-refractivity contribution < 1.29 is 4.79 Å². The second kappa shape index (κ2) is 5.32. The SMILES string of the molecule is N#CC1=C(N2CCC3(CC2)CC3)c2cc(N3CCC3)ncc2CC1=O. The molecule has 25 heavy (non-hydrogen) atoms. The molecule has 128 valence electrons. The average molecular weight is 334 g/mol. The zero-order valence-electron chi connectivity index (χ0n) is 14.4. The molecule has 1 aromatic heterocycles. The third kappa shape index (κ3) is 2.35. The Morgan fingerprint density at radius 3 is 2.44 bits per heavy atom. The molecule has 5 nitrogen and oxygen atoms in total. The van der Waals surface area contributed by atoms with Crippen LogP contribution >= 0.6 is 0 Å². The van der Waals surface area contributed by atoms with Crippen molar-refractivity contribution in [1.82, 2.24) is 9.88 Å². The van der Waals surface area contributed by atoms with Crippen LogP contribution in [0.4, 0.5) is 5.82 Å². The van der Waals surface area contributed by atoms with Gasteiger partial charge in [-0.25, -0.2) is 4.98 Å². The zero-order chi connectivity index (χ0) is 17.0. The Morgan fingerprint density at radius 1 is 1.08 bits per heavy atom. The van der Waals surface area contributed by atoms with Crippen LogP contribution < -0.4 is 4.90 Å². The predicted molar refractivity (Wildman–Crippen MR) is 94.8 cm³/mol. The van der Waals surface area contributed by atoms with E-state index in [9.17, 15) is 10.1 Å². The van der Waals surface area contributed by atoms with Crippen LogP contribution in [0.15, 0.2) is 17.8 Å². The van der Waals surface area contributed by atoms with E-state index in [-0.39, 0.29) is 5.78 Å². The highest BCUT2D eigenvalue weighted by atomic mass is 16.1. The summed E-state index contributed by atoms with van der Waals surface area (Å²) < 4.78 is 0. The third-order valence-electron chi connectivity index (χ3n) is 6.48. The first kappa shape index (κ1) is 14.9. The molecule has 3 fully saturated rings. The molecule has 1 saturated carbocycles. The Bertz CT molecular complexity index is 817. The number of piperidine rings is 1. The molecule has 5 rings (SSSR count). The number of carbonyl (C=O) groups is 1. The van der Waals surface area contributed by atoms with Gasteiger partial charge in [0.2, 0.25) is 0 Å². The number of allylic oxidation sites excluding steroid dienone is 1. The van der Waals surface area contributed by atoms with E-state index >= 15 is 0 Å². The number of rotatable bonds is 2. The van der Waals surface area contributed by atoms with Crippen molar-refractivity contribution in [2.75, 3.05) is 31.1 Å². The number of pyridine rings is 1. The first-order valence-electron chi connectivity index (χ1n) is 9.36. The second-order valence-corrected chi connectivity index (χ2v) is 7.96. The normalized spacial score (nSPS) is 24.0. The summed E-state index contributed by atoms with van der Waals surface area (Å²) in [6.45, 7) is 3.99. The minimum absolute atomic E-state index is 0.0600. The van der Waals surface area contributed by atoms with Crippen molar-refractivity contribution in [3.05, 3.63) is 29.0 Å². The van der Waals surface area contributed by atoms with Crippen molar-refractivity contribution >= 4 is 17.3 Å². The molecule has 2 aliphatic heterocycles. The molecule has 0 atom stereocenters. The van der Waals surface area contributed by atoms with Gasteiger partial charge in [0, 0.05) is 44.4 Å². The van der Waals surface area contributed by atoms with E-state index in [1.54, 1.807) is 0 Å². The fourth-order valence-electron chi connectivity index (χ4n) is 4.41. The van der Waals surface area contributed by atoms with Crippen LogP contribution in [-0.2, 0) is 11.2 Å². The van der Waals surface area contributed by atoms with E-state index in [0.29, 0.717) is 17.4 Å². The molecule has 2 saturated heterocycles. The molecule has 3 heterocycles. The van der Waals surface area contributed by atoms with Crippen molar-refractivity contribution in [2.45, 2.75) is 38.5 Å². The lowest BCUT2D eigenvalue weighted by Gasteiger charge is -2.38. The number of likely N-dealkylation sites (tertiary alicyclic amines) is 1. The van der Waals surface area contributed by atoms with Gasteiger partial charge in [0.25, 0.3) is 0 Å². The lowest BCUT2D eigenvalue weighted by atomic mass is 9.86. The van der Waals surface area contributed by atoms with Gasteiger partial charge in [0.1, 0.15) is 17.5 Å². The summed E-state index contributed by atoms with van der Waals surface area (Å²) in [6.07, 6.45) is 8.42. The van der Waals surface area contributed by atoms with E-state index in [4.69, 9.17) is 0 Å². The lowest BCUT2D eigenvalue weighted by molar-refractivity contribution is -0.114. The van der Waals surface area contributed by atoms with E-state index in [1.165, 1.54) is 32.1 Å². The minimum Gasteiger partial charge on any atom is -0.370 e. The monoisotopic (exact) mass is 334 g/mol. The Labute approximate surface area is 147 Å². The second-order valence-electron chi connectivity index (χ2n) is 7.96. The number of nitriles is 1. The summed E-state index contributed by atoms with van der Waals surface area (Å²) in [5.74, 6) is 0.917. The van der Waals surface area contributed by atoms with Gasteiger partial charge in [-0.15, -0.1) is 0 Å². The zero-order valence-corrected chi connectivity index (χ0v) is 14.4. The number of carbonyl (C=O) groups excluding carboxylic acids is 1. The minimum atomic E-state index is -0.0600. The molecule has 4 aliphatic rings. The fourth-order valence-corrected chi connectivity index (χ4v) is 4.41. The van der Waals surface area contributed by atoms with Gasteiger partial charge in [-0.2, -0.15) is 5.26 Å². The highest BCUT2D eigenvalue weighted by Gasteiger charge is 2.45. The number of hydrogen-bond acceptors (Lipinski definition) is 5.